The van der Waals surface area contributed by atoms with Gasteiger partial charge in [0.2, 0.25) is 0 Å². The maximum Gasteiger partial charge on any atom is 0.157 e. The summed E-state index contributed by atoms with van der Waals surface area (Å²) >= 11 is 0. The lowest BCUT2D eigenvalue weighted by molar-refractivity contribution is -0.117. The molecule has 0 N–H and O–H groups in total. The van der Waals surface area contributed by atoms with Crippen LogP contribution in [0.4, 0.5) is 0 Å². The van der Waals surface area contributed by atoms with E-state index in [0.29, 0.717) is 6.42 Å². The van der Waals surface area contributed by atoms with E-state index in [1.165, 1.54) is 0 Å². The molecule has 1 aliphatic heterocycles. The van der Waals surface area contributed by atoms with Crippen molar-refractivity contribution in [2.45, 2.75) is 38.9 Å². The first kappa shape index (κ1) is 9.68. The lowest BCUT2D eigenvalue weighted by atomic mass is 10.1. The molecule has 70 valence electrons. The second-order valence-electron chi connectivity index (χ2n) is 3.12. The number of unbranched alkanes of at least 4 members (excludes halogenated alkanes) is 1. The van der Waals surface area contributed by atoms with Crippen molar-refractivity contribution >= 4 is 5.78 Å². The Hall–Kier alpha value is -0.410. The van der Waals surface area contributed by atoms with Gasteiger partial charge in [0.25, 0.3) is 0 Å². The highest BCUT2D eigenvalue weighted by atomic mass is 16.7. The fourth-order valence-electron chi connectivity index (χ4n) is 1.26. The third-order valence-electron chi connectivity index (χ3n) is 1.91. The summed E-state index contributed by atoms with van der Waals surface area (Å²) in [7, 11) is 0. The Kier molecular flexibility index (Phi) is 4.25. The molecule has 0 atom stereocenters. The second-order valence-corrected chi connectivity index (χ2v) is 3.12. The minimum atomic E-state index is -0.00282. The van der Waals surface area contributed by atoms with E-state index in [0.717, 1.165) is 32.5 Å². The van der Waals surface area contributed by atoms with Gasteiger partial charge in [0.05, 0.1) is 13.2 Å². The van der Waals surface area contributed by atoms with Crippen molar-refractivity contribution in [2.75, 3.05) is 13.2 Å². The van der Waals surface area contributed by atoms with Crippen molar-refractivity contribution < 1.29 is 14.3 Å². The second kappa shape index (κ2) is 5.27. The van der Waals surface area contributed by atoms with Crippen LogP contribution in [0.5, 0.6) is 0 Å². The Bertz CT molecular complexity index is 139. The first-order valence-electron chi connectivity index (χ1n) is 4.51. The van der Waals surface area contributed by atoms with Crippen LogP contribution in [0.25, 0.3) is 0 Å². The van der Waals surface area contributed by atoms with Gasteiger partial charge >= 0.3 is 0 Å². The molecule has 1 rings (SSSR count). The predicted octanol–water partition coefficient (Wildman–Crippen LogP) is 1.51. The van der Waals surface area contributed by atoms with E-state index in [-0.39, 0.29) is 12.1 Å². The maximum atomic E-state index is 10.6. The van der Waals surface area contributed by atoms with Gasteiger partial charge < -0.3 is 14.3 Å². The van der Waals surface area contributed by atoms with Crippen molar-refractivity contribution in [1.29, 1.82) is 0 Å². The number of ketones is 1. The van der Waals surface area contributed by atoms with Crippen molar-refractivity contribution in [3.63, 3.8) is 0 Å². The first-order chi connectivity index (χ1) is 5.79. The largest absolute Gasteiger partial charge is 0.350 e. The van der Waals surface area contributed by atoms with Gasteiger partial charge in [-0.1, -0.05) is 0 Å². The molecule has 12 heavy (non-hydrogen) atoms. The van der Waals surface area contributed by atoms with Crippen LogP contribution in [0.1, 0.15) is 32.6 Å². The number of ether oxygens (including phenoxy) is 2. The fraction of sp³-hybridized carbons (Fsp3) is 0.889. The first-order valence-corrected chi connectivity index (χ1v) is 4.51. The molecule has 0 saturated carbocycles. The van der Waals surface area contributed by atoms with E-state index in [1.807, 2.05) is 0 Å². The molecule has 0 spiro atoms. The minimum Gasteiger partial charge on any atom is -0.350 e. The molecule has 0 unspecified atom stereocenters. The van der Waals surface area contributed by atoms with Crippen LogP contribution >= 0.6 is 0 Å². The van der Waals surface area contributed by atoms with Gasteiger partial charge in [-0.2, -0.15) is 0 Å². The van der Waals surface area contributed by atoms with E-state index in [2.05, 4.69) is 0 Å². The topological polar surface area (TPSA) is 35.5 Å². The molecule has 1 fully saturated rings. The van der Waals surface area contributed by atoms with Crippen LogP contribution in [-0.2, 0) is 14.3 Å². The van der Waals surface area contributed by atoms with Gasteiger partial charge in [-0.3, -0.25) is 0 Å². The standard InChI is InChI=1S/C9H16O3/c1-8(10)4-2-3-5-9-11-6-7-12-9/h9H,2-7H2,1H3. The molecule has 0 aromatic rings. The van der Waals surface area contributed by atoms with Crippen LogP contribution in [0.15, 0.2) is 0 Å². The van der Waals surface area contributed by atoms with E-state index in [9.17, 15) is 4.79 Å². The molecule has 3 heteroatoms. The molecule has 1 heterocycles. The third kappa shape index (κ3) is 3.83. The van der Waals surface area contributed by atoms with Crippen molar-refractivity contribution in [1.82, 2.24) is 0 Å². The zero-order chi connectivity index (χ0) is 8.81. The molecule has 1 saturated heterocycles. The number of Topliss-reactive ketones (excluding diaryl/α,β-unsaturated/α-hetero) is 1. The monoisotopic (exact) mass is 172 g/mol. The Labute approximate surface area is 73.0 Å². The molecular weight excluding hydrogens is 156 g/mol. The smallest absolute Gasteiger partial charge is 0.157 e. The third-order valence-corrected chi connectivity index (χ3v) is 1.91. The van der Waals surface area contributed by atoms with Crippen LogP contribution in [-0.4, -0.2) is 25.3 Å². The summed E-state index contributed by atoms with van der Waals surface area (Å²) in [6.07, 6.45) is 3.58. The Morgan fingerprint density at radius 1 is 1.33 bits per heavy atom. The average Bonchev–Trinajstić information content (AvgIpc) is 2.49. The molecule has 0 amide bonds. The summed E-state index contributed by atoms with van der Waals surface area (Å²) in [4.78, 5) is 10.6. The molecule has 0 aliphatic carbocycles. The summed E-state index contributed by atoms with van der Waals surface area (Å²) in [5.74, 6) is 0.267. The van der Waals surface area contributed by atoms with Gasteiger partial charge in [0.1, 0.15) is 5.78 Å². The van der Waals surface area contributed by atoms with E-state index in [1.54, 1.807) is 6.92 Å². The predicted molar refractivity (Wildman–Crippen MR) is 44.8 cm³/mol. The maximum absolute atomic E-state index is 10.6. The summed E-state index contributed by atoms with van der Waals surface area (Å²) in [6.45, 7) is 3.07. The number of carbonyl (C=O) groups excluding carboxylic acids is 1. The van der Waals surface area contributed by atoms with Gasteiger partial charge in [-0.15, -0.1) is 0 Å². The molecule has 0 radical (unpaired) electrons. The van der Waals surface area contributed by atoms with Crippen LogP contribution in [0.2, 0.25) is 0 Å². The number of hydrogen-bond donors (Lipinski definition) is 0. The molecule has 1 aliphatic rings. The number of carbonyl (C=O) groups is 1. The SMILES string of the molecule is CC(=O)CCCCC1OCCO1. The fourth-order valence-corrected chi connectivity index (χ4v) is 1.26. The van der Waals surface area contributed by atoms with E-state index >= 15 is 0 Å². The molecule has 0 aromatic carbocycles. The average molecular weight is 172 g/mol. The van der Waals surface area contributed by atoms with Crippen LogP contribution in [0, 0.1) is 0 Å². The normalized spacial score (nSPS) is 18.4. The lowest BCUT2D eigenvalue weighted by Crippen LogP contribution is -2.06. The van der Waals surface area contributed by atoms with E-state index < -0.39 is 0 Å². The van der Waals surface area contributed by atoms with Crippen LogP contribution < -0.4 is 0 Å². The summed E-state index contributed by atoms with van der Waals surface area (Å²) in [5.41, 5.74) is 0. The zero-order valence-corrected chi connectivity index (χ0v) is 7.54. The summed E-state index contributed by atoms with van der Waals surface area (Å²) in [6, 6.07) is 0. The molecule has 0 bridgehead atoms. The molecule has 0 aromatic heterocycles. The van der Waals surface area contributed by atoms with Crippen LogP contribution in [0.3, 0.4) is 0 Å². The van der Waals surface area contributed by atoms with Crippen molar-refractivity contribution in [3.05, 3.63) is 0 Å². The van der Waals surface area contributed by atoms with Gasteiger partial charge in [0.15, 0.2) is 6.29 Å². The van der Waals surface area contributed by atoms with Crippen molar-refractivity contribution in [3.8, 4) is 0 Å². The van der Waals surface area contributed by atoms with E-state index in [4.69, 9.17) is 9.47 Å². The highest BCUT2D eigenvalue weighted by Crippen LogP contribution is 2.12. The van der Waals surface area contributed by atoms with Gasteiger partial charge in [0, 0.05) is 6.42 Å². The van der Waals surface area contributed by atoms with Gasteiger partial charge in [-0.05, 0) is 26.2 Å². The van der Waals surface area contributed by atoms with Crippen molar-refractivity contribution in [2.24, 2.45) is 0 Å². The lowest BCUT2D eigenvalue weighted by Gasteiger charge is -2.07. The Morgan fingerprint density at radius 2 is 2.00 bits per heavy atom. The summed E-state index contributed by atoms with van der Waals surface area (Å²) in [5, 5.41) is 0. The minimum absolute atomic E-state index is 0.00282. The Balaban J connectivity index is 1.91. The quantitative estimate of drug-likeness (QED) is 0.590. The highest BCUT2D eigenvalue weighted by molar-refractivity contribution is 5.75. The molecule has 3 nitrogen and oxygen atoms in total. The number of rotatable bonds is 5. The summed E-state index contributed by atoms with van der Waals surface area (Å²) < 4.78 is 10.5. The molecular formula is C9H16O3. The Morgan fingerprint density at radius 3 is 2.58 bits per heavy atom. The number of hydrogen-bond acceptors (Lipinski definition) is 3. The van der Waals surface area contributed by atoms with Gasteiger partial charge in [-0.25, -0.2) is 0 Å². The highest BCUT2D eigenvalue weighted by Gasteiger charge is 2.14. The zero-order valence-electron chi connectivity index (χ0n) is 7.54.